The van der Waals surface area contributed by atoms with Crippen LogP contribution in [0.4, 0.5) is 51.2 Å². The number of anilines is 9. The molecule has 28 aromatic carbocycles. The van der Waals surface area contributed by atoms with E-state index in [1.165, 1.54) is 141 Å². The Morgan fingerprint density at radius 2 is 0.448 bits per heavy atom. The van der Waals surface area contributed by atoms with E-state index in [1.807, 2.05) is 0 Å². The lowest BCUT2D eigenvalue weighted by Gasteiger charge is -2.27. The molecule has 0 fully saturated rings. The lowest BCUT2D eigenvalue weighted by Crippen LogP contribution is -2.10. The van der Waals surface area contributed by atoms with Gasteiger partial charge in [-0.2, -0.15) is 0 Å². The Morgan fingerprint density at radius 3 is 1.00 bits per heavy atom. The van der Waals surface area contributed by atoms with Crippen molar-refractivity contribution in [3.8, 4) is 55.6 Å². The van der Waals surface area contributed by atoms with Gasteiger partial charge in [-0.1, -0.05) is 448 Å². The van der Waals surface area contributed by atoms with Gasteiger partial charge in [-0.3, -0.25) is 0 Å². The van der Waals surface area contributed by atoms with Crippen LogP contribution in [-0.4, -0.2) is 0 Å². The first kappa shape index (κ1) is 56.8. The second kappa shape index (κ2) is 36.6. The van der Waals surface area contributed by atoms with Gasteiger partial charge in [0.1, 0.15) is 0 Å². The maximum absolute atomic E-state index is 9.98. The van der Waals surface area contributed by atoms with E-state index >= 15 is 0 Å². The maximum atomic E-state index is 9.98. The molecule has 0 atom stereocenters. The highest BCUT2D eigenvalue weighted by atomic mass is 15.2. The van der Waals surface area contributed by atoms with Crippen molar-refractivity contribution in [3.05, 3.63) is 563 Å². The molecular formula is C140H93N3. The van der Waals surface area contributed by atoms with Crippen molar-refractivity contribution in [1.29, 1.82) is 0 Å². The summed E-state index contributed by atoms with van der Waals surface area (Å²) in [7, 11) is 0. The predicted octanol–water partition coefficient (Wildman–Crippen LogP) is 39.9. The molecule has 0 unspecified atom stereocenters. The van der Waals surface area contributed by atoms with Crippen LogP contribution >= 0.6 is 0 Å². The van der Waals surface area contributed by atoms with E-state index in [0.717, 1.165) is 34.1 Å². The van der Waals surface area contributed by atoms with Crippen molar-refractivity contribution in [2.45, 2.75) is 0 Å². The number of hydrogen-bond donors (Lipinski definition) is 0. The zero-order valence-corrected chi connectivity index (χ0v) is 76.0. The summed E-state index contributed by atoms with van der Waals surface area (Å²) in [6.45, 7) is 0. The predicted molar refractivity (Wildman–Crippen MR) is 616 cm³/mol. The third kappa shape index (κ3) is 16.0. The molecule has 28 rings (SSSR count). The summed E-state index contributed by atoms with van der Waals surface area (Å²) in [6, 6.07) is 97.9. The number of hydrogen-bond acceptors (Lipinski definition) is 3. The first-order chi connectivity index (χ1) is 84.6. The van der Waals surface area contributed by atoms with Gasteiger partial charge in [0.15, 0.2) is 0 Å². The van der Waals surface area contributed by atoms with E-state index in [4.69, 9.17) is 26.0 Å². The summed E-state index contributed by atoms with van der Waals surface area (Å²) in [4.78, 5) is 5.06. The van der Waals surface area contributed by atoms with Crippen LogP contribution < -0.4 is 14.7 Å². The Morgan fingerprint density at radius 1 is 0.119 bits per heavy atom. The van der Waals surface area contributed by atoms with Gasteiger partial charge in [0.25, 0.3) is 0 Å². The fourth-order valence-corrected chi connectivity index (χ4v) is 19.7. The van der Waals surface area contributed by atoms with Crippen LogP contribution in [0.2, 0.25) is 0 Å². The van der Waals surface area contributed by atoms with Gasteiger partial charge in [-0.05, 0) is 322 Å². The van der Waals surface area contributed by atoms with Crippen LogP contribution in [-0.2, 0) is 0 Å². The Labute approximate surface area is 876 Å². The van der Waals surface area contributed by atoms with Gasteiger partial charge in [0.05, 0.1) is 45.2 Å². The van der Waals surface area contributed by atoms with Crippen LogP contribution in [0.5, 0.6) is 0 Å². The summed E-state index contributed by atoms with van der Waals surface area (Å²) >= 11 is 0. The van der Waals surface area contributed by atoms with E-state index in [2.05, 4.69) is 374 Å². The molecule has 0 aliphatic rings. The Kier molecular flexibility index (Phi) is 14.5. The third-order valence-electron chi connectivity index (χ3n) is 26.5. The van der Waals surface area contributed by atoms with Crippen molar-refractivity contribution in [3.63, 3.8) is 0 Å². The van der Waals surface area contributed by atoms with Crippen LogP contribution in [0.3, 0.4) is 0 Å². The molecule has 28 aromatic rings. The lowest BCUT2D eigenvalue weighted by molar-refractivity contribution is 1.29. The molecule has 0 radical (unpaired) electrons. The number of benzene rings is 28. The van der Waals surface area contributed by atoms with Crippen molar-refractivity contribution in [2.24, 2.45) is 0 Å². The highest BCUT2D eigenvalue weighted by Crippen LogP contribution is 2.48. The quantitative estimate of drug-likeness (QED) is 0.100. The summed E-state index contributed by atoms with van der Waals surface area (Å²) in [5, 5.41) is 23.8. The van der Waals surface area contributed by atoms with E-state index in [-0.39, 0.29) is 4.90 Å². The zero-order valence-electron chi connectivity index (χ0n) is 109. The molecule has 3 nitrogen and oxygen atoms in total. The molecule has 3 heteroatoms. The minimum Gasteiger partial charge on any atom is -0.310 e. The van der Waals surface area contributed by atoms with Crippen molar-refractivity contribution >= 4 is 202 Å². The highest BCUT2D eigenvalue weighted by molar-refractivity contribution is 6.22. The Balaban J connectivity index is 0.000000135. The van der Waals surface area contributed by atoms with Crippen molar-refractivity contribution < 1.29 is 45.2 Å². The van der Waals surface area contributed by atoms with E-state index in [0.29, 0.717) is 0 Å². The molecular weight excluding hydrogens is 1720 g/mol. The monoisotopic (exact) mass is 1850 g/mol. The van der Waals surface area contributed by atoms with Gasteiger partial charge >= 0.3 is 0 Å². The molecule has 0 heterocycles. The van der Waals surface area contributed by atoms with Gasteiger partial charge in [0.2, 0.25) is 0 Å². The maximum Gasteiger partial charge on any atom is 0.0652 e. The summed E-state index contributed by atoms with van der Waals surface area (Å²) in [5.74, 6) is 0. The summed E-state index contributed by atoms with van der Waals surface area (Å²) in [5.41, 5.74) is 2.54. The Bertz CT molecular complexity index is 11700. The highest BCUT2D eigenvalue weighted by Gasteiger charge is 2.22. The van der Waals surface area contributed by atoms with Crippen LogP contribution in [0, 0.1) is 0 Å². The van der Waals surface area contributed by atoms with Crippen molar-refractivity contribution in [2.75, 3.05) is 14.7 Å². The van der Waals surface area contributed by atoms with Gasteiger partial charge in [0, 0.05) is 51.2 Å². The number of rotatable bonds is 14. The first-order valence-corrected chi connectivity index (χ1v) is 46.6. The molecule has 0 aliphatic heterocycles. The van der Waals surface area contributed by atoms with Crippen LogP contribution in [0.25, 0.3) is 206 Å². The average molecular weight is 1850 g/mol. The second-order valence-electron chi connectivity index (χ2n) is 34.8. The fraction of sp³-hybridized carbons (Fsp3) is 0. The van der Waals surface area contributed by atoms with Crippen LogP contribution in [0.1, 0.15) is 45.2 Å². The molecule has 0 bridgehead atoms. The lowest BCUT2D eigenvalue weighted by atomic mass is 9.96. The Hall–Kier alpha value is -18.8. The van der Waals surface area contributed by atoms with Gasteiger partial charge in [-0.15, -0.1) is 0 Å². The second-order valence-corrected chi connectivity index (χ2v) is 34.8. The summed E-state index contributed by atoms with van der Waals surface area (Å²) < 4.78 is 295. The molecule has 0 aromatic heterocycles. The molecule has 0 amide bonds. The molecule has 143 heavy (non-hydrogen) atoms. The minimum atomic E-state index is -1.36. The standard InChI is InChI=1S/C48H33N.C46H29N.C46H31N/c1-3-10-34(11-4-1)36-18-25-42(26-19-36)49(43-27-20-37(21-28-43)41-16-9-15-40(32-41)35-12-5-2-6-13-35)44-29-22-39-24-30-46-45-17-8-7-14-38(45)23-31-47(46)48(39)33-44;1-2-10-33-27-36(18-13-30(33)7-1)47(37-19-25-41-34(28-37)16-23-43-39-11-5-3-8-31(39)14-21-45(41)43)38-20-26-42-35(29-38)17-24-44-40-12-6-4-9-32(40)15-22-46(42)44;1-2-9-32(10-3-1)33-17-24-38(25-18-33)47(39-26-19-36(20-27-39)42-16-8-13-34-11-4-6-14-41(34)42)40-28-21-37-23-29-44-43-15-7-5-12-35(43)22-30-45(44)46(37)31-40/h1-33H;1-29H;1-31H/i1D,2D,3D,4D,5D,6D,7D,8D,9D,10D,11D,12D,13D,14D,15D,16D,17D,18D,19D,20D,21D,22D,23D,24D,25D,26D,27D,28D,29D,30D,31D,32D,33D;;. The largest absolute Gasteiger partial charge is 0.310 e. The first-order valence-electron chi connectivity index (χ1n) is 63.1. The summed E-state index contributed by atoms with van der Waals surface area (Å²) in [6.07, 6.45) is 0. The van der Waals surface area contributed by atoms with E-state index < -0.39 is 282 Å². The molecule has 0 saturated carbocycles. The third-order valence-corrected chi connectivity index (χ3v) is 26.5. The normalized spacial score (nSPS) is 14.7. The van der Waals surface area contributed by atoms with E-state index in [1.54, 1.807) is 0 Å². The van der Waals surface area contributed by atoms with Gasteiger partial charge < -0.3 is 14.7 Å². The molecule has 668 valence electrons. The molecule has 0 spiro atoms. The smallest absolute Gasteiger partial charge is 0.0652 e. The SMILES string of the molecule is [2H]c1c([2H])c([2H])c(-c2c([2H])c([2H])c(N(c3c([2H])c([2H])c(-c4c([2H])c([2H])c([2H])c(-c5c([2H])c([2H])c([2H])c([2H])c5[2H])c4[2H])c([2H])c3[2H])c3c([2H])c([2H])c4c([2H])c([2H])c5c6c([2H])c([2H])c([2H])c([2H])c6c([2H])c([2H])c5c4c3[2H])c([2H])c2[2H])c([2H])c1[2H].c1ccc(-c2ccc(N(c3ccc(-c4cccc5ccccc45)cc3)c3ccc4ccc5c6ccccc6ccc5c4c3)cc2)cc1.c1ccc2cc(N(c3ccc4c(ccc5c6ccccc6ccc45)c3)c3ccc4c(ccc5c6ccccc6ccc45)c3)ccc2c1. The van der Waals surface area contributed by atoms with Crippen molar-refractivity contribution in [1.82, 2.24) is 0 Å². The topological polar surface area (TPSA) is 9.72 Å². The van der Waals surface area contributed by atoms with E-state index in [9.17, 15) is 19.2 Å². The molecule has 0 N–H and O–H groups in total. The van der Waals surface area contributed by atoms with Crippen LogP contribution in [0.15, 0.2) is 563 Å². The van der Waals surface area contributed by atoms with Gasteiger partial charge in [-0.25, -0.2) is 0 Å². The minimum absolute atomic E-state index is 0.283. The molecule has 0 aliphatic carbocycles. The zero-order chi connectivity index (χ0) is 123. The fourth-order valence-electron chi connectivity index (χ4n) is 19.7. The number of fused-ring (bicyclic) bond motifs is 22. The molecule has 0 saturated heterocycles. The average Bonchev–Trinajstić information content (AvgIpc) is 0.687. The number of nitrogens with zero attached hydrogens (tertiary/aromatic N) is 3.